The zero-order chi connectivity index (χ0) is 21.6. The average molecular weight is 418 g/mol. The van der Waals surface area contributed by atoms with Gasteiger partial charge in [0.05, 0.1) is 5.56 Å². The summed E-state index contributed by atoms with van der Waals surface area (Å²) in [5, 5.41) is 0. The fraction of sp³-hybridized carbons (Fsp3) is 0.200. The molecule has 1 saturated heterocycles. The van der Waals surface area contributed by atoms with E-state index in [0.29, 0.717) is 43.1 Å². The molecule has 0 atom stereocenters. The van der Waals surface area contributed by atoms with Crippen LogP contribution in [0.4, 0.5) is 4.39 Å². The molecule has 0 spiro atoms. The maximum Gasteiger partial charge on any atom is 0.257 e. The van der Waals surface area contributed by atoms with Crippen molar-refractivity contribution in [2.24, 2.45) is 0 Å². The minimum Gasteiger partial charge on any atom is -0.488 e. The molecule has 0 saturated carbocycles. The van der Waals surface area contributed by atoms with Crippen molar-refractivity contribution in [3.63, 3.8) is 0 Å². The van der Waals surface area contributed by atoms with E-state index in [9.17, 15) is 14.0 Å². The van der Waals surface area contributed by atoms with Crippen LogP contribution in [0.2, 0.25) is 0 Å². The molecule has 1 fully saturated rings. The number of piperazine rings is 1. The van der Waals surface area contributed by atoms with Gasteiger partial charge in [0.15, 0.2) is 0 Å². The van der Waals surface area contributed by atoms with Gasteiger partial charge in [-0.25, -0.2) is 4.39 Å². The SMILES string of the molecule is O=C(c1ccccc1)N1CCN(C(=O)c2ccccc2OCc2ccc(F)cc2)CC1. The van der Waals surface area contributed by atoms with E-state index in [4.69, 9.17) is 4.74 Å². The van der Waals surface area contributed by atoms with Crippen LogP contribution in [-0.2, 0) is 6.61 Å². The molecule has 5 nitrogen and oxygen atoms in total. The molecule has 0 aliphatic carbocycles. The standard InChI is InChI=1S/C25H23FN2O3/c26-21-12-10-19(11-13-21)18-31-23-9-5-4-8-22(23)25(30)28-16-14-27(15-17-28)24(29)20-6-2-1-3-7-20/h1-13H,14-18H2. The summed E-state index contributed by atoms with van der Waals surface area (Å²) in [6, 6.07) is 22.3. The molecular weight excluding hydrogens is 395 g/mol. The summed E-state index contributed by atoms with van der Waals surface area (Å²) in [5.74, 6) is 0.0427. The molecule has 3 aromatic carbocycles. The molecule has 6 heteroatoms. The number of para-hydroxylation sites is 1. The molecule has 0 radical (unpaired) electrons. The van der Waals surface area contributed by atoms with Gasteiger partial charge in [0, 0.05) is 31.7 Å². The molecule has 0 aromatic heterocycles. The van der Waals surface area contributed by atoms with Crippen molar-refractivity contribution in [3.8, 4) is 5.75 Å². The summed E-state index contributed by atoms with van der Waals surface area (Å²) >= 11 is 0. The Bertz CT molecular complexity index is 1050. The van der Waals surface area contributed by atoms with Crippen LogP contribution in [-0.4, -0.2) is 47.8 Å². The number of benzene rings is 3. The van der Waals surface area contributed by atoms with E-state index in [1.54, 1.807) is 52.3 Å². The van der Waals surface area contributed by atoms with E-state index in [1.165, 1.54) is 12.1 Å². The fourth-order valence-electron chi connectivity index (χ4n) is 3.56. The smallest absolute Gasteiger partial charge is 0.257 e. The van der Waals surface area contributed by atoms with Crippen LogP contribution in [0.5, 0.6) is 5.75 Å². The maximum absolute atomic E-state index is 13.1. The number of carbonyl (C=O) groups is 2. The van der Waals surface area contributed by atoms with Crippen molar-refractivity contribution in [1.29, 1.82) is 0 Å². The molecular formula is C25H23FN2O3. The highest BCUT2D eigenvalue weighted by molar-refractivity contribution is 5.97. The third-order valence-electron chi connectivity index (χ3n) is 5.30. The molecule has 1 aliphatic rings. The first-order chi connectivity index (χ1) is 15.1. The van der Waals surface area contributed by atoms with Gasteiger partial charge in [-0.05, 0) is 42.0 Å². The Kier molecular flexibility index (Phi) is 6.26. The number of ether oxygens (including phenoxy) is 1. The normalized spacial score (nSPS) is 13.7. The number of hydrogen-bond acceptors (Lipinski definition) is 3. The lowest BCUT2D eigenvalue weighted by molar-refractivity contribution is 0.0533. The van der Waals surface area contributed by atoms with Crippen LogP contribution >= 0.6 is 0 Å². The number of amides is 2. The van der Waals surface area contributed by atoms with Crippen molar-refractivity contribution < 1.29 is 18.7 Å². The number of halogens is 1. The number of nitrogens with zero attached hydrogens (tertiary/aromatic N) is 2. The third kappa shape index (κ3) is 4.91. The topological polar surface area (TPSA) is 49.9 Å². The fourth-order valence-corrected chi connectivity index (χ4v) is 3.56. The largest absolute Gasteiger partial charge is 0.488 e. The van der Waals surface area contributed by atoms with Gasteiger partial charge in [-0.2, -0.15) is 0 Å². The number of rotatable bonds is 5. The van der Waals surface area contributed by atoms with Gasteiger partial charge in [-0.15, -0.1) is 0 Å². The summed E-state index contributed by atoms with van der Waals surface area (Å²) in [6.45, 7) is 2.13. The Balaban J connectivity index is 1.39. The zero-order valence-electron chi connectivity index (χ0n) is 17.0. The molecule has 0 bridgehead atoms. The van der Waals surface area contributed by atoms with Crippen LogP contribution in [0, 0.1) is 5.82 Å². The lowest BCUT2D eigenvalue weighted by atomic mass is 10.1. The summed E-state index contributed by atoms with van der Waals surface area (Å²) < 4.78 is 18.9. The predicted octanol–water partition coefficient (Wildman–Crippen LogP) is 4.00. The summed E-state index contributed by atoms with van der Waals surface area (Å²) in [6.07, 6.45) is 0. The van der Waals surface area contributed by atoms with Crippen LogP contribution in [0.25, 0.3) is 0 Å². The second-order valence-corrected chi connectivity index (χ2v) is 7.36. The van der Waals surface area contributed by atoms with Crippen molar-refractivity contribution in [2.75, 3.05) is 26.2 Å². The Morgan fingerprint density at radius 1 is 0.742 bits per heavy atom. The zero-order valence-corrected chi connectivity index (χ0v) is 17.0. The van der Waals surface area contributed by atoms with Gasteiger partial charge >= 0.3 is 0 Å². The van der Waals surface area contributed by atoms with Crippen LogP contribution < -0.4 is 4.74 Å². The van der Waals surface area contributed by atoms with Gasteiger partial charge in [0.25, 0.3) is 11.8 Å². The van der Waals surface area contributed by atoms with E-state index in [2.05, 4.69) is 0 Å². The van der Waals surface area contributed by atoms with E-state index >= 15 is 0 Å². The Morgan fingerprint density at radius 3 is 2.00 bits per heavy atom. The van der Waals surface area contributed by atoms with E-state index in [-0.39, 0.29) is 24.2 Å². The van der Waals surface area contributed by atoms with Gasteiger partial charge < -0.3 is 14.5 Å². The molecule has 1 aliphatic heterocycles. The van der Waals surface area contributed by atoms with Gasteiger partial charge in [-0.1, -0.05) is 42.5 Å². The highest BCUT2D eigenvalue weighted by Crippen LogP contribution is 2.22. The first-order valence-corrected chi connectivity index (χ1v) is 10.2. The lowest BCUT2D eigenvalue weighted by Crippen LogP contribution is -2.50. The summed E-state index contributed by atoms with van der Waals surface area (Å²) in [5.41, 5.74) is 1.95. The van der Waals surface area contributed by atoms with Crippen molar-refractivity contribution in [3.05, 3.63) is 101 Å². The lowest BCUT2D eigenvalue weighted by Gasteiger charge is -2.35. The third-order valence-corrected chi connectivity index (χ3v) is 5.30. The monoisotopic (exact) mass is 418 g/mol. The molecule has 1 heterocycles. The second-order valence-electron chi connectivity index (χ2n) is 7.36. The predicted molar refractivity (Wildman–Crippen MR) is 115 cm³/mol. The van der Waals surface area contributed by atoms with Gasteiger partial charge in [-0.3, -0.25) is 9.59 Å². The molecule has 31 heavy (non-hydrogen) atoms. The van der Waals surface area contributed by atoms with E-state index < -0.39 is 0 Å². The quantitative estimate of drug-likeness (QED) is 0.629. The number of hydrogen-bond donors (Lipinski definition) is 0. The minimum absolute atomic E-state index is 0.0178. The average Bonchev–Trinajstić information content (AvgIpc) is 2.83. The van der Waals surface area contributed by atoms with Crippen molar-refractivity contribution in [2.45, 2.75) is 6.61 Å². The van der Waals surface area contributed by atoms with Gasteiger partial charge in [0.2, 0.25) is 0 Å². The van der Waals surface area contributed by atoms with Gasteiger partial charge in [0.1, 0.15) is 18.2 Å². The Morgan fingerprint density at radius 2 is 1.32 bits per heavy atom. The Hall–Kier alpha value is -3.67. The van der Waals surface area contributed by atoms with Crippen molar-refractivity contribution in [1.82, 2.24) is 9.80 Å². The number of carbonyl (C=O) groups excluding carboxylic acids is 2. The Labute approximate surface area is 180 Å². The first-order valence-electron chi connectivity index (χ1n) is 10.2. The molecule has 3 aromatic rings. The second kappa shape index (κ2) is 9.43. The van der Waals surface area contributed by atoms with E-state index in [1.807, 2.05) is 24.3 Å². The molecule has 0 unspecified atom stereocenters. The van der Waals surface area contributed by atoms with E-state index in [0.717, 1.165) is 5.56 Å². The molecule has 158 valence electrons. The molecule has 2 amide bonds. The van der Waals surface area contributed by atoms with Crippen LogP contribution in [0.3, 0.4) is 0 Å². The van der Waals surface area contributed by atoms with Crippen LogP contribution in [0.1, 0.15) is 26.3 Å². The molecule has 4 rings (SSSR count). The van der Waals surface area contributed by atoms with Crippen molar-refractivity contribution >= 4 is 11.8 Å². The highest BCUT2D eigenvalue weighted by atomic mass is 19.1. The maximum atomic E-state index is 13.1. The minimum atomic E-state index is -0.302. The van der Waals surface area contributed by atoms with Crippen LogP contribution in [0.15, 0.2) is 78.9 Å². The summed E-state index contributed by atoms with van der Waals surface area (Å²) in [7, 11) is 0. The summed E-state index contributed by atoms with van der Waals surface area (Å²) in [4.78, 5) is 29.3. The highest BCUT2D eigenvalue weighted by Gasteiger charge is 2.26. The molecule has 0 N–H and O–H groups in total. The first kappa shape index (κ1) is 20.6.